The molecule has 1 unspecified atom stereocenters. The van der Waals surface area contributed by atoms with Gasteiger partial charge in [-0.3, -0.25) is 0 Å². The number of anilines is 1. The summed E-state index contributed by atoms with van der Waals surface area (Å²) in [6, 6.07) is 11.6. The van der Waals surface area contributed by atoms with E-state index in [1.165, 1.54) is 0 Å². The van der Waals surface area contributed by atoms with Crippen molar-refractivity contribution in [2.24, 2.45) is 5.41 Å². The van der Waals surface area contributed by atoms with Gasteiger partial charge in [0.05, 0.1) is 5.56 Å². The molecule has 0 heterocycles. The molecule has 0 saturated heterocycles. The van der Waals surface area contributed by atoms with Crippen LogP contribution >= 0.6 is 0 Å². The summed E-state index contributed by atoms with van der Waals surface area (Å²) in [5.41, 5.74) is 1.56. The molecular weight excluding hydrogens is 262 g/mol. The van der Waals surface area contributed by atoms with E-state index in [1.807, 2.05) is 30.3 Å². The molecular formula is C18H23NO2. The van der Waals surface area contributed by atoms with Crippen LogP contribution in [0.5, 0.6) is 0 Å². The van der Waals surface area contributed by atoms with Gasteiger partial charge >= 0.3 is 5.97 Å². The number of carbonyl (C=O) groups is 1. The maximum Gasteiger partial charge on any atom is 0.336 e. The van der Waals surface area contributed by atoms with Crippen LogP contribution in [0.25, 0.3) is 10.8 Å². The number of fused-ring (bicyclic) bond motifs is 1. The number of aromatic carboxylic acids is 1. The Morgan fingerprint density at radius 3 is 2.19 bits per heavy atom. The topological polar surface area (TPSA) is 40.5 Å². The zero-order valence-electron chi connectivity index (χ0n) is 13.3. The van der Waals surface area contributed by atoms with Crippen molar-refractivity contribution in [1.29, 1.82) is 0 Å². The first-order valence-corrected chi connectivity index (χ1v) is 7.21. The van der Waals surface area contributed by atoms with Crippen molar-refractivity contribution in [2.45, 2.75) is 33.7 Å². The van der Waals surface area contributed by atoms with E-state index in [0.717, 1.165) is 16.5 Å². The Morgan fingerprint density at radius 2 is 1.67 bits per heavy atom. The molecule has 3 nitrogen and oxygen atoms in total. The SMILES string of the molecule is CC(N(C)c1ccc(C(=O)O)c2ccccc12)C(C)(C)C. The highest BCUT2D eigenvalue weighted by Gasteiger charge is 2.25. The Bertz CT molecular complexity index is 670. The predicted molar refractivity (Wildman–Crippen MR) is 88.2 cm³/mol. The first-order valence-electron chi connectivity index (χ1n) is 7.21. The maximum atomic E-state index is 11.4. The number of rotatable bonds is 3. The number of hydrogen-bond donors (Lipinski definition) is 1. The third-order valence-corrected chi connectivity index (χ3v) is 4.35. The number of nitrogens with zero attached hydrogens (tertiary/aromatic N) is 1. The Labute approximate surface area is 126 Å². The van der Waals surface area contributed by atoms with Crippen molar-refractivity contribution in [1.82, 2.24) is 0 Å². The fourth-order valence-corrected chi connectivity index (χ4v) is 2.57. The minimum absolute atomic E-state index is 0.140. The van der Waals surface area contributed by atoms with Crippen LogP contribution in [-0.2, 0) is 0 Å². The van der Waals surface area contributed by atoms with Crippen molar-refractivity contribution >= 4 is 22.4 Å². The van der Waals surface area contributed by atoms with Crippen molar-refractivity contribution in [3.05, 3.63) is 42.0 Å². The van der Waals surface area contributed by atoms with Crippen molar-refractivity contribution in [2.75, 3.05) is 11.9 Å². The van der Waals surface area contributed by atoms with Gasteiger partial charge in [0, 0.05) is 24.2 Å². The summed E-state index contributed by atoms with van der Waals surface area (Å²) in [4.78, 5) is 13.6. The fourth-order valence-electron chi connectivity index (χ4n) is 2.57. The second-order valence-corrected chi connectivity index (χ2v) is 6.64. The normalized spacial score (nSPS) is 13.2. The zero-order chi connectivity index (χ0) is 15.8. The Morgan fingerprint density at radius 1 is 1.10 bits per heavy atom. The molecule has 0 aromatic heterocycles. The molecule has 0 aliphatic heterocycles. The molecule has 0 bridgehead atoms. The number of carboxylic acid groups (broad SMARTS) is 1. The van der Waals surface area contributed by atoms with Crippen LogP contribution in [0.15, 0.2) is 36.4 Å². The Hall–Kier alpha value is -2.03. The van der Waals surface area contributed by atoms with Crippen LogP contribution < -0.4 is 4.90 Å². The third-order valence-electron chi connectivity index (χ3n) is 4.35. The standard InChI is InChI=1S/C18H23NO2/c1-12(18(2,3)4)19(5)16-11-10-15(17(20)21)13-8-6-7-9-14(13)16/h6-12H,1-5H3,(H,20,21). The summed E-state index contributed by atoms with van der Waals surface area (Å²) in [7, 11) is 2.07. The van der Waals surface area contributed by atoms with E-state index in [1.54, 1.807) is 6.07 Å². The van der Waals surface area contributed by atoms with Crippen LogP contribution in [-0.4, -0.2) is 24.2 Å². The Balaban J connectivity index is 2.61. The van der Waals surface area contributed by atoms with Gasteiger partial charge in [-0.1, -0.05) is 45.0 Å². The molecule has 0 aliphatic carbocycles. The number of carboxylic acids is 1. The van der Waals surface area contributed by atoms with Crippen LogP contribution in [0.1, 0.15) is 38.1 Å². The van der Waals surface area contributed by atoms with Gasteiger partial charge in [0.15, 0.2) is 0 Å². The van der Waals surface area contributed by atoms with E-state index >= 15 is 0 Å². The second kappa shape index (κ2) is 5.40. The summed E-state index contributed by atoms with van der Waals surface area (Å²) < 4.78 is 0. The number of benzene rings is 2. The Kier molecular flexibility index (Phi) is 3.95. The van der Waals surface area contributed by atoms with E-state index in [0.29, 0.717) is 11.6 Å². The molecule has 0 aliphatic rings. The lowest BCUT2D eigenvalue weighted by molar-refractivity contribution is 0.0699. The summed E-state index contributed by atoms with van der Waals surface area (Å²) in [6.45, 7) is 8.83. The molecule has 1 N–H and O–H groups in total. The molecule has 112 valence electrons. The monoisotopic (exact) mass is 285 g/mol. The summed E-state index contributed by atoms with van der Waals surface area (Å²) >= 11 is 0. The van der Waals surface area contributed by atoms with Gasteiger partial charge in [0.25, 0.3) is 0 Å². The summed E-state index contributed by atoms with van der Waals surface area (Å²) in [6.07, 6.45) is 0. The van der Waals surface area contributed by atoms with Crippen molar-refractivity contribution < 1.29 is 9.90 Å². The minimum Gasteiger partial charge on any atom is -0.478 e. The lowest BCUT2D eigenvalue weighted by Crippen LogP contribution is -2.39. The molecule has 1 atom stereocenters. The van der Waals surface area contributed by atoms with Gasteiger partial charge in [-0.15, -0.1) is 0 Å². The molecule has 3 heteroatoms. The second-order valence-electron chi connectivity index (χ2n) is 6.64. The predicted octanol–water partition coefficient (Wildman–Crippen LogP) is 4.41. The van der Waals surface area contributed by atoms with E-state index in [-0.39, 0.29) is 5.41 Å². The quantitative estimate of drug-likeness (QED) is 0.908. The van der Waals surface area contributed by atoms with Gasteiger partial charge in [0.2, 0.25) is 0 Å². The fraction of sp³-hybridized carbons (Fsp3) is 0.389. The number of hydrogen-bond acceptors (Lipinski definition) is 2. The van der Waals surface area contributed by atoms with Crippen LogP contribution in [0.2, 0.25) is 0 Å². The highest BCUT2D eigenvalue weighted by Crippen LogP contribution is 2.33. The average molecular weight is 285 g/mol. The lowest BCUT2D eigenvalue weighted by Gasteiger charge is -2.37. The summed E-state index contributed by atoms with van der Waals surface area (Å²) in [5.74, 6) is -0.885. The highest BCUT2D eigenvalue weighted by molar-refractivity contribution is 6.07. The van der Waals surface area contributed by atoms with Gasteiger partial charge in [-0.2, -0.15) is 0 Å². The summed E-state index contributed by atoms with van der Waals surface area (Å²) in [5, 5.41) is 11.1. The molecule has 0 spiro atoms. The van der Waals surface area contributed by atoms with Crippen LogP contribution in [0.3, 0.4) is 0 Å². The van der Waals surface area contributed by atoms with E-state index in [4.69, 9.17) is 0 Å². The third kappa shape index (κ3) is 2.87. The molecule has 0 amide bonds. The van der Waals surface area contributed by atoms with Gasteiger partial charge in [-0.25, -0.2) is 4.79 Å². The van der Waals surface area contributed by atoms with Crippen LogP contribution in [0.4, 0.5) is 5.69 Å². The van der Waals surface area contributed by atoms with Gasteiger partial charge in [-0.05, 0) is 29.9 Å². The van der Waals surface area contributed by atoms with Gasteiger partial charge in [0.1, 0.15) is 0 Å². The first kappa shape index (κ1) is 15.4. The zero-order valence-corrected chi connectivity index (χ0v) is 13.3. The van der Waals surface area contributed by atoms with Crippen LogP contribution in [0, 0.1) is 5.41 Å². The molecule has 2 aromatic rings. The van der Waals surface area contributed by atoms with E-state index in [2.05, 4.69) is 39.6 Å². The maximum absolute atomic E-state index is 11.4. The minimum atomic E-state index is -0.885. The first-order chi connectivity index (χ1) is 9.73. The molecule has 2 rings (SSSR count). The van der Waals surface area contributed by atoms with Crippen molar-refractivity contribution in [3.63, 3.8) is 0 Å². The molecule has 0 radical (unpaired) electrons. The molecule has 0 saturated carbocycles. The highest BCUT2D eigenvalue weighted by atomic mass is 16.4. The lowest BCUT2D eigenvalue weighted by atomic mass is 9.86. The molecule has 2 aromatic carbocycles. The average Bonchev–Trinajstić information content (AvgIpc) is 2.43. The molecule has 0 fully saturated rings. The van der Waals surface area contributed by atoms with E-state index < -0.39 is 5.97 Å². The molecule has 21 heavy (non-hydrogen) atoms. The van der Waals surface area contributed by atoms with Crippen molar-refractivity contribution in [3.8, 4) is 0 Å². The van der Waals surface area contributed by atoms with Gasteiger partial charge < -0.3 is 10.0 Å². The largest absolute Gasteiger partial charge is 0.478 e. The smallest absolute Gasteiger partial charge is 0.336 e. The van der Waals surface area contributed by atoms with E-state index in [9.17, 15) is 9.90 Å².